The van der Waals surface area contributed by atoms with Crippen LogP contribution in [0.2, 0.25) is 0 Å². The Kier molecular flexibility index (Phi) is 13.5. The van der Waals surface area contributed by atoms with Gasteiger partial charge in [-0.05, 0) is 104 Å². The van der Waals surface area contributed by atoms with Gasteiger partial charge in [0, 0.05) is 50.1 Å². The molecule has 6 aromatic carbocycles. The zero-order chi connectivity index (χ0) is 42.7. The molecule has 12 nitrogen and oxygen atoms in total. The van der Waals surface area contributed by atoms with Gasteiger partial charge in [0.15, 0.2) is 0 Å². The molecule has 318 valence electrons. The van der Waals surface area contributed by atoms with E-state index in [1.165, 1.54) is 0 Å². The number of benzene rings is 6. The van der Waals surface area contributed by atoms with Crippen molar-refractivity contribution in [1.29, 1.82) is 0 Å². The van der Waals surface area contributed by atoms with Gasteiger partial charge in [-0.3, -0.25) is 0 Å². The monoisotopic (exact) mass is 834 g/mol. The van der Waals surface area contributed by atoms with Crippen LogP contribution in [-0.4, -0.2) is 61.9 Å². The summed E-state index contributed by atoms with van der Waals surface area (Å²) < 4.78 is 24.8. The van der Waals surface area contributed by atoms with Crippen molar-refractivity contribution >= 4 is 23.4 Å². The molecule has 6 aromatic rings. The predicted molar refractivity (Wildman–Crippen MR) is 238 cm³/mol. The van der Waals surface area contributed by atoms with Crippen molar-refractivity contribution in [3.05, 3.63) is 177 Å². The molecule has 10 bridgehead atoms. The van der Waals surface area contributed by atoms with Gasteiger partial charge in [0.25, 0.3) is 0 Å². The largest absolute Gasteiger partial charge is 0.507 e. The first kappa shape index (κ1) is 41.7. The van der Waals surface area contributed by atoms with Crippen LogP contribution in [0.15, 0.2) is 121 Å². The minimum absolute atomic E-state index is 0.0697. The Hall–Kier alpha value is -7.02. The summed E-state index contributed by atoms with van der Waals surface area (Å²) in [5.74, 6) is 1.54. The smallest absolute Gasteiger partial charge is 0.319 e. The molecule has 0 unspecified atom stereocenters. The number of hydrogen-bond acceptors (Lipinski definition) is 8. The van der Waals surface area contributed by atoms with Crippen LogP contribution in [0.3, 0.4) is 0 Å². The van der Waals surface area contributed by atoms with E-state index < -0.39 is 0 Å². The number of anilines is 2. The van der Waals surface area contributed by atoms with E-state index in [4.69, 9.17) is 18.9 Å². The third-order valence-corrected chi connectivity index (χ3v) is 10.8. The fourth-order valence-corrected chi connectivity index (χ4v) is 7.92. The van der Waals surface area contributed by atoms with Crippen molar-refractivity contribution in [2.24, 2.45) is 0 Å². The van der Waals surface area contributed by atoms with Gasteiger partial charge in [0.05, 0.1) is 26.4 Å². The van der Waals surface area contributed by atoms with Gasteiger partial charge in [-0.1, -0.05) is 72.8 Å². The molecular weight excluding hydrogens is 785 g/mol. The lowest BCUT2D eigenvalue weighted by atomic mass is 9.89. The standard InChI is InChI=1S/C50H50N4O8/c55-45-39-23-33(31-51-49(57)53-43-13-3-1-4-14-43)25-41(45)30-42-26-34(32-52-50(58)54-44-15-5-2-6-16-44)24-40(46(42)56)29-38-12-8-10-36-27-35-9-7-11-37(28-39)47(35)61-21-19-59-17-18-60-20-22-62-48(36)38/h1-16,23-26,55-56H,17-22,27-32H2,(H2,51,53,57)(H2,52,54,58). The molecule has 0 saturated heterocycles. The number of nitrogens with one attached hydrogen (secondary N) is 4. The zero-order valence-corrected chi connectivity index (χ0v) is 34.4. The zero-order valence-electron chi connectivity index (χ0n) is 34.4. The van der Waals surface area contributed by atoms with Gasteiger partial charge >= 0.3 is 12.1 Å². The first-order valence-electron chi connectivity index (χ1n) is 20.9. The molecule has 1 heterocycles. The minimum atomic E-state index is -0.375. The number of urea groups is 2. The molecule has 62 heavy (non-hydrogen) atoms. The van der Waals surface area contributed by atoms with E-state index in [1.54, 1.807) is 0 Å². The van der Waals surface area contributed by atoms with Gasteiger partial charge in [-0.15, -0.1) is 0 Å². The van der Waals surface area contributed by atoms with Crippen molar-refractivity contribution in [3.63, 3.8) is 0 Å². The average Bonchev–Trinajstić information content (AvgIpc) is 3.28. The van der Waals surface area contributed by atoms with E-state index in [0.29, 0.717) is 104 Å². The number of hydrogen-bond donors (Lipinski definition) is 6. The Morgan fingerprint density at radius 2 is 0.774 bits per heavy atom. The highest BCUT2D eigenvalue weighted by molar-refractivity contribution is 5.89. The molecule has 12 heteroatoms. The summed E-state index contributed by atoms with van der Waals surface area (Å²) in [6.45, 7) is 2.49. The number of para-hydroxylation sites is 4. The van der Waals surface area contributed by atoms with Crippen LogP contribution in [0.25, 0.3) is 0 Å². The lowest BCUT2D eigenvalue weighted by Gasteiger charge is -2.21. The molecule has 6 N–H and O–H groups in total. The van der Waals surface area contributed by atoms with Crippen LogP contribution < -0.4 is 30.7 Å². The third kappa shape index (κ3) is 10.6. The van der Waals surface area contributed by atoms with Crippen LogP contribution in [0.4, 0.5) is 21.0 Å². The van der Waals surface area contributed by atoms with Crippen LogP contribution in [0.1, 0.15) is 55.6 Å². The van der Waals surface area contributed by atoms with Gasteiger partial charge in [-0.2, -0.15) is 0 Å². The number of aromatic hydroxyl groups is 2. The van der Waals surface area contributed by atoms with E-state index >= 15 is 0 Å². The number of carbonyl (C=O) groups excluding carboxylic acids is 2. The highest BCUT2D eigenvalue weighted by Crippen LogP contribution is 2.39. The topological polar surface area (TPSA) is 160 Å². The summed E-state index contributed by atoms with van der Waals surface area (Å²) in [4.78, 5) is 26.1. The lowest BCUT2D eigenvalue weighted by Crippen LogP contribution is -2.28. The molecule has 0 saturated carbocycles. The van der Waals surface area contributed by atoms with E-state index in [0.717, 1.165) is 33.4 Å². The van der Waals surface area contributed by atoms with Crippen LogP contribution >= 0.6 is 0 Å². The van der Waals surface area contributed by atoms with Crippen LogP contribution in [0.5, 0.6) is 23.0 Å². The van der Waals surface area contributed by atoms with Crippen molar-refractivity contribution in [3.8, 4) is 23.0 Å². The molecule has 0 aromatic heterocycles. The Labute approximate surface area is 360 Å². The first-order chi connectivity index (χ1) is 30.4. The molecule has 0 atom stereocenters. The molecule has 1 aliphatic carbocycles. The fraction of sp³-hybridized carbons (Fsp3) is 0.240. The summed E-state index contributed by atoms with van der Waals surface area (Å²) >= 11 is 0. The van der Waals surface area contributed by atoms with Crippen LogP contribution in [0, 0.1) is 0 Å². The molecule has 8 rings (SSSR count). The van der Waals surface area contributed by atoms with Crippen molar-refractivity contribution in [1.82, 2.24) is 10.6 Å². The molecule has 0 spiro atoms. The number of phenols is 2. The van der Waals surface area contributed by atoms with E-state index in [-0.39, 0.29) is 43.1 Å². The summed E-state index contributed by atoms with van der Waals surface area (Å²) in [5.41, 5.74) is 8.78. The minimum Gasteiger partial charge on any atom is -0.507 e. The Balaban J connectivity index is 1.22. The third-order valence-electron chi connectivity index (χ3n) is 10.8. The Morgan fingerprint density at radius 1 is 0.435 bits per heavy atom. The first-order valence-corrected chi connectivity index (χ1v) is 20.9. The average molecular weight is 835 g/mol. The highest BCUT2D eigenvalue weighted by atomic mass is 16.6. The van der Waals surface area contributed by atoms with Crippen molar-refractivity contribution < 1.29 is 38.7 Å². The second-order valence-corrected chi connectivity index (χ2v) is 15.3. The van der Waals surface area contributed by atoms with Crippen molar-refractivity contribution in [2.45, 2.75) is 38.8 Å². The maximum atomic E-state index is 13.0. The fourth-order valence-electron chi connectivity index (χ4n) is 7.92. The number of amides is 4. The van der Waals surface area contributed by atoms with Gasteiger partial charge in [0.1, 0.15) is 36.2 Å². The molecule has 0 radical (unpaired) electrons. The molecule has 0 fully saturated rings. The van der Waals surface area contributed by atoms with Crippen molar-refractivity contribution in [2.75, 3.05) is 50.3 Å². The second kappa shape index (κ2) is 20.0. The summed E-state index contributed by atoms with van der Waals surface area (Å²) in [6.07, 6.45) is 1.24. The van der Waals surface area contributed by atoms with Gasteiger partial charge < -0.3 is 50.4 Å². The maximum Gasteiger partial charge on any atom is 0.319 e. The van der Waals surface area contributed by atoms with Gasteiger partial charge in [-0.25, -0.2) is 9.59 Å². The summed E-state index contributed by atoms with van der Waals surface area (Å²) in [6, 6.07) is 37.2. The maximum absolute atomic E-state index is 13.0. The van der Waals surface area contributed by atoms with Crippen LogP contribution in [-0.2, 0) is 48.2 Å². The number of fused-ring (bicyclic) bond motifs is 4. The molecule has 1 aliphatic heterocycles. The Morgan fingerprint density at radius 3 is 1.16 bits per heavy atom. The van der Waals surface area contributed by atoms with E-state index in [2.05, 4.69) is 21.3 Å². The summed E-state index contributed by atoms with van der Waals surface area (Å²) in [7, 11) is 0. The number of ether oxygens (including phenoxy) is 4. The Bertz CT molecular complexity index is 2340. The van der Waals surface area contributed by atoms with E-state index in [1.807, 2.05) is 121 Å². The highest BCUT2D eigenvalue weighted by Gasteiger charge is 2.22. The number of rotatable bonds is 6. The molecular formula is C50H50N4O8. The molecule has 4 amide bonds. The second-order valence-electron chi connectivity index (χ2n) is 15.3. The summed E-state index contributed by atoms with van der Waals surface area (Å²) in [5, 5.41) is 35.9. The predicted octanol–water partition coefficient (Wildman–Crippen LogP) is 8.22. The SMILES string of the molecule is O=C(NCc1cc2c(O)c(c1)Cc1cccc3c1OCCOCCOCCOc1c(cccc1C3)Cc1cc(CNC(=O)Nc3ccccc3)cc(c1O)C2)Nc1ccccc1. The number of carbonyl (C=O) groups is 2. The normalized spacial score (nSPS) is 14.0. The molecule has 2 aliphatic rings. The van der Waals surface area contributed by atoms with E-state index in [9.17, 15) is 19.8 Å². The lowest BCUT2D eigenvalue weighted by molar-refractivity contribution is 0.0273. The number of phenolic OH excluding ortho intramolecular Hbond substituents is 2. The van der Waals surface area contributed by atoms with Gasteiger partial charge in [0.2, 0.25) is 0 Å². The quantitative estimate of drug-likeness (QED) is 0.0978.